The molecule has 3 rings (SSSR count). The van der Waals surface area contributed by atoms with Crippen molar-refractivity contribution in [1.29, 1.82) is 0 Å². The van der Waals surface area contributed by atoms with Gasteiger partial charge in [-0.25, -0.2) is 0 Å². The van der Waals surface area contributed by atoms with Gasteiger partial charge in [-0.2, -0.15) is 0 Å². The highest BCUT2D eigenvalue weighted by Crippen LogP contribution is 2.43. The van der Waals surface area contributed by atoms with E-state index < -0.39 is 0 Å². The fraction of sp³-hybridized carbons (Fsp3) is 0.647. The molecule has 0 radical (unpaired) electrons. The van der Waals surface area contributed by atoms with Gasteiger partial charge in [0, 0.05) is 6.54 Å². The number of likely N-dealkylation sites (tertiary alicyclic amines) is 1. The zero-order valence-corrected chi connectivity index (χ0v) is 11.9. The van der Waals surface area contributed by atoms with Crippen LogP contribution in [0.15, 0.2) is 30.3 Å². The lowest BCUT2D eigenvalue weighted by molar-refractivity contribution is 0.111. The smallest absolute Gasteiger partial charge is 0.00508 e. The molecule has 2 aliphatic rings. The molecule has 1 unspecified atom stereocenters. The summed E-state index contributed by atoms with van der Waals surface area (Å²) in [5.41, 5.74) is 7.97. The second-order valence-electron chi connectivity index (χ2n) is 6.50. The van der Waals surface area contributed by atoms with Crippen LogP contribution in [-0.2, 0) is 0 Å². The number of hydrogen-bond donors (Lipinski definition) is 1. The molecule has 1 atom stereocenters. The molecule has 1 aliphatic heterocycles. The van der Waals surface area contributed by atoms with E-state index >= 15 is 0 Å². The minimum atomic E-state index is 0.505. The fourth-order valence-electron chi connectivity index (χ4n) is 3.66. The standard InChI is InChI=1S/C17H26N2/c18-14-17(8-4-9-17)10-12-19-11-7-16(13-19)15-5-2-1-3-6-15/h1-3,5-6,16H,4,7-14,18H2. The predicted octanol–water partition coefficient (Wildman–Crippen LogP) is 3.00. The van der Waals surface area contributed by atoms with Gasteiger partial charge in [0.25, 0.3) is 0 Å². The van der Waals surface area contributed by atoms with Gasteiger partial charge in [-0.1, -0.05) is 36.8 Å². The van der Waals surface area contributed by atoms with Gasteiger partial charge in [-0.15, -0.1) is 0 Å². The van der Waals surface area contributed by atoms with Crippen LogP contribution >= 0.6 is 0 Å². The van der Waals surface area contributed by atoms with Crippen LogP contribution in [-0.4, -0.2) is 31.1 Å². The summed E-state index contributed by atoms with van der Waals surface area (Å²) in [6.45, 7) is 4.65. The van der Waals surface area contributed by atoms with Gasteiger partial charge in [-0.05, 0) is 62.2 Å². The Balaban J connectivity index is 1.50. The van der Waals surface area contributed by atoms with Crippen molar-refractivity contribution in [3.8, 4) is 0 Å². The normalized spacial score (nSPS) is 26.3. The van der Waals surface area contributed by atoms with Crippen LogP contribution in [0.25, 0.3) is 0 Å². The van der Waals surface area contributed by atoms with Crippen molar-refractivity contribution in [1.82, 2.24) is 4.90 Å². The van der Waals surface area contributed by atoms with E-state index in [-0.39, 0.29) is 0 Å². The van der Waals surface area contributed by atoms with E-state index in [1.54, 1.807) is 0 Å². The Hall–Kier alpha value is -0.860. The first-order valence-corrected chi connectivity index (χ1v) is 7.79. The van der Waals surface area contributed by atoms with Crippen molar-refractivity contribution >= 4 is 0 Å². The second kappa shape index (κ2) is 5.64. The third-order valence-corrected chi connectivity index (χ3v) is 5.35. The summed E-state index contributed by atoms with van der Waals surface area (Å²) in [6.07, 6.45) is 6.74. The van der Waals surface area contributed by atoms with Crippen molar-refractivity contribution < 1.29 is 0 Å². The SMILES string of the molecule is NCC1(CCN2CCC(c3ccccc3)C2)CCC1. The Kier molecular flexibility index (Phi) is 3.90. The van der Waals surface area contributed by atoms with Crippen molar-refractivity contribution in [2.75, 3.05) is 26.2 Å². The molecule has 0 bridgehead atoms. The first-order chi connectivity index (χ1) is 9.31. The molecule has 104 valence electrons. The van der Waals surface area contributed by atoms with Crippen molar-refractivity contribution in [3.63, 3.8) is 0 Å². The first kappa shape index (κ1) is 13.1. The van der Waals surface area contributed by atoms with Crippen LogP contribution in [0.1, 0.15) is 43.6 Å². The number of nitrogens with zero attached hydrogens (tertiary/aromatic N) is 1. The molecule has 1 aromatic rings. The molecule has 0 spiro atoms. The maximum atomic E-state index is 5.95. The summed E-state index contributed by atoms with van der Waals surface area (Å²) in [7, 11) is 0. The molecule has 0 amide bonds. The Morgan fingerprint density at radius 1 is 1.21 bits per heavy atom. The van der Waals surface area contributed by atoms with Gasteiger partial charge < -0.3 is 10.6 Å². The van der Waals surface area contributed by atoms with E-state index in [0.29, 0.717) is 5.41 Å². The van der Waals surface area contributed by atoms with Gasteiger partial charge in [-0.3, -0.25) is 0 Å². The minimum absolute atomic E-state index is 0.505. The molecule has 19 heavy (non-hydrogen) atoms. The monoisotopic (exact) mass is 258 g/mol. The van der Waals surface area contributed by atoms with Crippen LogP contribution in [0.4, 0.5) is 0 Å². The summed E-state index contributed by atoms with van der Waals surface area (Å²) in [5, 5.41) is 0. The molecule has 2 N–H and O–H groups in total. The van der Waals surface area contributed by atoms with Crippen LogP contribution < -0.4 is 5.73 Å². The summed E-state index contributed by atoms with van der Waals surface area (Å²) in [4.78, 5) is 2.65. The van der Waals surface area contributed by atoms with E-state index in [2.05, 4.69) is 35.2 Å². The summed E-state index contributed by atoms with van der Waals surface area (Å²) < 4.78 is 0. The zero-order chi connectivity index (χ0) is 13.1. The van der Waals surface area contributed by atoms with Gasteiger partial charge in [0.1, 0.15) is 0 Å². The fourth-order valence-corrected chi connectivity index (χ4v) is 3.66. The maximum absolute atomic E-state index is 5.95. The maximum Gasteiger partial charge on any atom is 0.00508 e. The van der Waals surface area contributed by atoms with Gasteiger partial charge in [0.2, 0.25) is 0 Å². The summed E-state index contributed by atoms with van der Waals surface area (Å²) in [6, 6.07) is 11.0. The van der Waals surface area contributed by atoms with Gasteiger partial charge >= 0.3 is 0 Å². The van der Waals surface area contributed by atoms with Crippen LogP contribution in [0.2, 0.25) is 0 Å². The molecule has 1 saturated carbocycles. The minimum Gasteiger partial charge on any atom is -0.330 e. The second-order valence-corrected chi connectivity index (χ2v) is 6.50. The van der Waals surface area contributed by atoms with E-state index in [1.165, 1.54) is 57.3 Å². The molecule has 1 heterocycles. The number of rotatable bonds is 5. The Morgan fingerprint density at radius 2 is 2.00 bits per heavy atom. The lowest BCUT2D eigenvalue weighted by Gasteiger charge is -2.42. The van der Waals surface area contributed by atoms with Crippen LogP contribution in [0.5, 0.6) is 0 Å². The van der Waals surface area contributed by atoms with Crippen LogP contribution in [0, 0.1) is 5.41 Å². The van der Waals surface area contributed by atoms with E-state index in [9.17, 15) is 0 Å². The lowest BCUT2D eigenvalue weighted by atomic mass is 9.66. The summed E-state index contributed by atoms with van der Waals surface area (Å²) >= 11 is 0. The molecule has 0 aromatic heterocycles. The zero-order valence-electron chi connectivity index (χ0n) is 11.9. The third kappa shape index (κ3) is 2.85. The number of benzene rings is 1. The highest BCUT2D eigenvalue weighted by atomic mass is 15.1. The average molecular weight is 258 g/mol. The predicted molar refractivity (Wildman–Crippen MR) is 80.2 cm³/mol. The molecule has 1 saturated heterocycles. The summed E-state index contributed by atoms with van der Waals surface area (Å²) in [5.74, 6) is 0.747. The van der Waals surface area contributed by atoms with Gasteiger partial charge in [0.15, 0.2) is 0 Å². The highest BCUT2D eigenvalue weighted by molar-refractivity contribution is 5.21. The Morgan fingerprint density at radius 3 is 2.63 bits per heavy atom. The lowest BCUT2D eigenvalue weighted by Crippen LogP contribution is -2.40. The van der Waals surface area contributed by atoms with Crippen LogP contribution in [0.3, 0.4) is 0 Å². The number of nitrogens with two attached hydrogens (primary N) is 1. The molecule has 1 aromatic carbocycles. The third-order valence-electron chi connectivity index (χ3n) is 5.35. The molecule has 2 heteroatoms. The largest absolute Gasteiger partial charge is 0.330 e. The van der Waals surface area contributed by atoms with Crippen molar-refractivity contribution in [2.45, 2.75) is 38.0 Å². The Labute approximate surface area is 117 Å². The molecule has 1 aliphatic carbocycles. The van der Waals surface area contributed by atoms with E-state index in [4.69, 9.17) is 5.73 Å². The van der Waals surface area contributed by atoms with Gasteiger partial charge in [0.05, 0.1) is 0 Å². The highest BCUT2D eigenvalue weighted by Gasteiger charge is 2.36. The van der Waals surface area contributed by atoms with E-state index in [1.807, 2.05) is 0 Å². The Bertz CT molecular complexity index is 391. The first-order valence-electron chi connectivity index (χ1n) is 7.79. The van der Waals surface area contributed by atoms with E-state index in [0.717, 1.165) is 12.5 Å². The molecule has 2 fully saturated rings. The topological polar surface area (TPSA) is 29.3 Å². The van der Waals surface area contributed by atoms with Crippen molar-refractivity contribution in [2.24, 2.45) is 11.1 Å². The molecular weight excluding hydrogens is 232 g/mol. The quantitative estimate of drug-likeness (QED) is 0.879. The molecular formula is C17H26N2. The molecule has 2 nitrogen and oxygen atoms in total. The average Bonchev–Trinajstić information content (AvgIpc) is 2.88. The number of hydrogen-bond acceptors (Lipinski definition) is 2. The van der Waals surface area contributed by atoms with Crippen molar-refractivity contribution in [3.05, 3.63) is 35.9 Å².